The lowest BCUT2D eigenvalue weighted by Crippen LogP contribution is -2.48. The molecule has 1 saturated carbocycles. The molecule has 6 heteroatoms. The van der Waals surface area contributed by atoms with E-state index in [1.165, 1.54) is 21.8 Å². The first-order valence-corrected chi connectivity index (χ1v) is 8.34. The number of nitrogens with zero attached hydrogens (tertiary/aromatic N) is 1. The first kappa shape index (κ1) is 15.0. The van der Waals surface area contributed by atoms with Crippen molar-refractivity contribution in [1.82, 2.24) is 5.32 Å². The first-order valence-electron chi connectivity index (χ1n) is 7.53. The Bertz CT molecular complexity index is 635. The molecular formula is C16H18N2O3S. The molecule has 116 valence electrons. The van der Waals surface area contributed by atoms with E-state index in [-0.39, 0.29) is 12.5 Å². The molecule has 0 radical (unpaired) electrons. The summed E-state index contributed by atoms with van der Waals surface area (Å²) in [5, 5.41) is 11.9. The molecule has 1 aromatic heterocycles. The number of nitrogens with one attached hydrogen (secondary N) is 1. The van der Waals surface area contributed by atoms with Crippen molar-refractivity contribution in [3.8, 4) is 6.07 Å². The van der Waals surface area contributed by atoms with Gasteiger partial charge < -0.3 is 10.1 Å². The lowest BCUT2D eigenvalue weighted by atomic mass is 9.98. The van der Waals surface area contributed by atoms with E-state index in [1.54, 1.807) is 6.92 Å². The van der Waals surface area contributed by atoms with Crippen LogP contribution >= 0.6 is 11.3 Å². The number of rotatable bonds is 5. The Morgan fingerprint density at radius 2 is 2.27 bits per heavy atom. The van der Waals surface area contributed by atoms with Gasteiger partial charge in [-0.1, -0.05) is 0 Å². The largest absolute Gasteiger partial charge is 0.451 e. The lowest BCUT2D eigenvalue weighted by molar-refractivity contribution is -0.125. The zero-order valence-corrected chi connectivity index (χ0v) is 13.3. The Labute approximate surface area is 133 Å². The van der Waals surface area contributed by atoms with Crippen molar-refractivity contribution in [1.29, 1.82) is 5.26 Å². The first-order chi connectivity index (χ1) is 10.5. The molecule has 3 rings (SSSR count). The third-order valence-electron chi connectivity index (χ3n) is 4.31. The Kier molecular flexibility index (Phi) is 3.92. The van der Waals surface area contributed by atoms with Gasteiger partial charge in [-0.05, 0) is 56.6 Å². The molecule has 0 aliphatic heterocycles. The van der Waals surface area contributed by atoms with E-state index < -0.39 is 17.4 Å². The maximum absolute atomic E-state index is 12.0. The number of ether oxygens (including phenoxy) is 1. The summed E-state index contributed by atoms with van der Waals surface area (Å²) in [4.78, 5) is 25.7. The maximum Gasteiger partial charge on any atom is 0.348 e. The second kappa shape index (κ2) is 5.73. The van der Waals surface area contributed by atoms with Crippen LogP contribution in [0.25, 0.3) is 0 Å². The fourth-order valence-corrected chi connectivity index (χ4v) is 3.99. The van der Waals surface area contributed by atoms with E-state index >= 15 is 0 Å². The van der Waals surface area contributed by atoms with Gasteiger partial charge >= 0.3 is 5.97 Å². The monoisotopic (exact) mass is 318 g/mol. The smallest absolute Gasteiger partial charge is 0.348 e. The summed E-state index contributed by atoms with van der Waals surface area (Å²) in [5.41, 5.74) is 0.375. The van der Waals surface area contributed by atoms with Crippen molar-refractivity contribution in [3.63, 3.8) is 0 Å². The number of fused-ring (bicyclic) bond motifs is 1. The van der Waals surface area contributed by atoms with Gasteiger partial charge in [-0.2, -0.15) is 5.26 Å². The van der Waals surface area contributed by atoms with Crippen molar-refractivity contribution in [2.24, 2.45) is 5.92 Å². The van der Waals surface area contributed by atoms with Gasteiger partial charge in [-0.3, -0.25) is 4.79 Å². The van der Waals surface area contributed by atoms with Crippen LogP contribution in [0.15, 0.2) is 6.07 Å². The molecule has 1 fully saturated rings. The molecule has 1 atom stereocenters. The topological polar surface area (TPSA) is 79.2 Å². The van der Waals surface area contributed by atoms with Crippen LogP contribution in [-0.2, 0) is 22.4 Å². The van der Waals surface area contributed by atoms with Gasteiger partial charge in [0.15, 0.2) is 6.61 Å². The van der Waals surface area contributed by atoms with Crippen molar-refractivity contribution >= 4 is 23.2 Å². The quantitative estimate of drug-likeness (QED) is 0.844. The molecular weight excluding hydrogens is 300 g/mol. The molecule has 0 saturated heterocycles. The highest BCUT2D eigenvalue weighted by molar-refractivity contribution is 7.14. The fourth-order valence-electron chi connectivity index (χ4n) is 2.84. The van der Waals surface area contributed by atoms with Crippen LogP contribution in [-0.4, -0.2) is 24.0 Å². The normalized spacial score (nSPS) is 18.9. The van der Waals surface area contributed by atoms with Gasteiger partial charge in [0.05, 0.1) is 6.07 Å². The second-order valence-corrected chi connectivity index (χ2v) is 7.26. The molecule has 1 N–H and O–H groups in total. The highest BCUT2D eigenvalue weighted by atomic mass is 32.1. The number of esters is 1. The van der Waals surface area contributed by atoms with Crippen molar-refractivity contribution in [3.05, 3.63) is 21.4 Å². The van der Waals surface area contributed by atoms with E-state index in [0.29, 0.717) is 4.88 Å². The van der Waals surface area contributed by atoms with E-state index in [1.807, 2.05) is 6.07 Å². The lowest BCUT2D eigenvalue weighted by Gasteiger charge is -2.22. The summed E-state index contributed by atoms with van der Waals surface area (Å²) in [6, 6.07) is 4.02. The number of thiophene rings is 1. The Hall–Kier alpha value is -1.87. The average molecular weight is 318 g/mol. The van der Waals surface area contributed by atoms with Crippen LogP contribution in [0.5, 0.6) is 0 Å². The molecule has 1 amide bonds. The number of hydrogen-bond donors (Lipinski definition) is 1. The highest BCUT2D eigenvalue weighted by Crippen LogP contribution is 2.39. The van der Waals surface area contributed by atoms with E-state index in [2.05, 4.69) is 11.4 Å². The maximum atomic E-state index is 12.0. The fraction of sp³-hybridized carbons (Fsp3) is 0.562. The Morgan fingerprint density at radius 3 is 2.91 bits per heavy atom. The van der Waals surface area contributed by atoms with Gasteiger partial charge in [-0.15, -0.1) is 11.3 Å². The molecule has 0 aromatic carbocycles. The molecule has 2 aliphatic rings. The molecule has 1 aromatic rings. The molecule has 5 nitrogen and oxygen atoms in total. The van der Waals surface area contributed by atoms with Gasteiger partial charge in [0.2, 0.25) is 0 Å². The number of carbonyl (C=O) groups is 2. The predicted molar refractivity (Wildman–Crippen MR) is 81.5 cm³/mol. The second-order valence-electron chi connectivity index (χ2n) is 6.13. The van der Waals surface area contributed by atoms with Crippen molar-refractivity contribution in [2.45, 2.75) is 44.6 Å². The van der Waals surface area contributed by atoms with Gasteiger partial charge in [0.1, 0.15) is 10.4 Å². The van der Waals surface area contributed by atoms with Gasteiger partial charge in [-0.25, -0.2) is 4.79 Å². The third-order valence-corrected chi connectivity index (χ3v) is 5.52. The number of amides is 1. The number of hydrogen-bond acceptors (Lipinski definition) is 5. The van der Waals surface area contributed by atoms with Crippen molar-refractivity contribution < 1.29 is 14.3 Å². The van der Waals surface area contributed by atoms with Crippen LogP contribution in [0, 0.1) is 17.2 Å². The molecule has 2 aliphatic carbocycles. The molecule has 0 unspecified atom stereocenters. The molecule has 22 heavy (non-hydrogen) atoms. The van der Waals surface area contributed by atoms with Crippen LogP contribution in [0.1, 0.15) is 46.3 Å². The van der Waals surface area contributed by atoms with Crippen LogP contribution in [0.2, 0.25) is 0 Å². The summed E-state index contributed by atoms with van der Waals surface area (Å²) in [6.45, 7) is 1.37. The van der Waals surface area contributed by atoms with Crippen LogP contribution in [0.4, 0.5) is 0 Å². The van der Waals surface area contributed by atoms with Crippen LogP contribution < -0.4 is 5.32 Å². The number of carbonyl (C=O) groups excluding carboxylic acids is 2. The summed E-state index contributed by atoms with van der Waals surface area (Å²) in [7, 11) is 0. The van der Waals surface area contributed by atoms with E-state index in [0.717, 1.165) is 32.1 Å². The number of nitriles is 1. The van der Waals surface area contributed by atoms with Gasteiger partial charge in [0, 0.05) is 4.88 Å². The minimum Gasteiger partial charge on any atom is -0.451 e. The third kappa shape index (κ3) is 3.00. The van der Waals surface area contributed by atoms with E-state index in [9.17, 15) is 14.9 Å². The zero-order chi connectivity index (χ0) is 15.7. The summed E-state index contributed by atoms with van der Waals surface area (Å²) in [5.74, 6) is -0.676. The zero-order valence-electron chi connectivity index (χ0n) is 12.5. The Morgan fingerprint density at radius 1 is 1.50 bits per heavy atom. The highest BCUT2D eigenvalue weighted by Gasteiger charge is 2.43. The SMILES string of the molecule is C[C@@](C#N)(NC(=O)COC(=O)c1cc2c(s1)CCC2)C1CC1. The van der Waals surface area contributed by atoms with Gasteiger partial charge in [0.25, 0.3) is 5.91 Å². The standard InChI is InChI=1S/C16H18N2O3S/c1-16(9-17,11-5-6-11)18-14(19)8-21-15(20)13-7-10-3-2-4-12(10)22-13/h7,11H,2-6,8H2,1H3,(H,18,19)/t16-/m0/s1. The summed E-state index contributed by atoms with van der Waals surface area (Å²) < 4.78 is 5.07. The molecule has 0 spiro atoms. The molecule has 0 bridgehead atoms. The molecule has 1 heterocycles. The predicted octanol–water partition coefficient (Wildman–Crippen LogP) is 2.20. The minimum absolute atomic E-state index is 0.206. The minimum atomic E-state index is -0.854. The summed E-state index contributed by atoms with van der Waals surface area (Å²) >= 11 is 1.46. The average Bonchev–Trinajstić information content (AvgIpc) is 3.14. The van der Waals surface area contributed by atoms with Crippen molar-refractivity contribution in [2.75, 3.05) is 6.61 Å². The van der Waals surface area contributed by atoms with E-state index in [4.69, 9.17) is 4.74 Å². The summed E-state index contributed by atoms with van der Waals surface area (Å²) in [6.07, 6.45) is 5.08. The Balaban J connectivity index is 1.52. The van der Waals surface area contributed by atoms with Crippen LogP contribution in [0.3, 0.4) is 0 Å². The number of aryl methyl sites for hydroxylation is 2.